The molecule has 13 heteroatoms. The van der Waals surface area contributed by atoms with Gasteiger partial charge in [0.05, 0.1) is 18.2 Å². The quantitative estimate of drug-likeness (QED) is 0.522. The van der Waals surface area contributed by atoms with Crippen LogP contribution in [0.4, 0.5) is 4.79 Å². The van der Waals surface area contributed by atoms with Crippen LogP contribution < -0.4 is 5.32 Å². The molecule has 2 aliphatic carbocycles. The van der Waals surface area contributed by atoms with Gasteiger partial charge in [-0.05, 0) is 86.4 Å². The number of hydrogen-bond donors (Lipinski definition) is 2. The maximum absolute atomic E-state index is 13.8. The van der Waals surface area contributed by atoms with Crippen LogP contribution in [0.25, 0.3) is 11.4 Å². The Bertz CT molecular complexity index is 1460. The molecule has 0 unspecified atom stereocenters. The van der Waals surface area contributed by atoms with Gasteiger partial charge in [0.25, 0.3) is 0 Å². The van der Waals surface area contributed by atoms with E-state index >= 15 is 0 Å². The molecule has 1 saturated carbocycles. The first-order chi connectivity index (χ1) is 20.1. The molecule has 0 spiro atoms. The minimum atomic E-state index is -0.910. The summed E-state index contributed by atoms with van der Waals surface area (Å²) in [6.07, 6.45) is 3.31. The van der Waals surface area contributed by atoms with Crippen LogP contribution in [0.2, 0.25) is 0 Å². The molecular formula is C29H35N9O4. The normalized spacial score (nSPS) is 30.2. The number of benzene rings is 1. The van der Waals surface area contributed by atoms with Crippen molar-refractivity contribution in [2.75, 3.05) is 13.1 Å². The van der Waals surface area contributed by atoms with Gasteiger partial charge in [0.15, 0.2) is 5.82 Å². The van der Waals surface area contributed by atoms with Gasteiger partial charge in [-0.15, -0.1) is 5.10 Å². The smallest absolute Gasteiger partial charge is 0.408 e. The summed E-state index contributed by atoms with van der Waals surface area (Å²) in [6.45, 7) is 6.12. The maximum atomic E-state index is 13.8. The van der Waals surface area contributed by atoms with Crippen molar-refractivity contribution < 1.29 is 19.1 Å². The predicted molar refractivity (Wildman–Crippen MR) is 147 cm³/mol. The average molecular weight is 574 g/mol. The van der Waals surface area contributed by atoms with Crippen LogP contribution in [0.15, 0.2) is 18.2 Å². The third-order valence-electron chi connectivity index (χ3n) is 9.37. The van der Waals surface area contributed by atoms with Crippen molar-refractivity contribution >= 4 is 17.9 Å². The number of alkyl carbamates (subject to hydrolysis) is 1. The van der Waals surface area contributed by atoms with Crippen LogP contribution in [-0.2, 0) is 20.7 Å². The van der Waals surface area contributed by atoms with Crippen LogP contribution in [0.5, 0.6) is 0 Å². The van der Waals surface area contributed by atoms with Crippen LogP contribution in [-0.4, -0.2) is 102 Å². The Kier molecular flexibility index (Phi) is 6.23. The number of H-pyrrole nitrogens is 1. The van der Waals surface area contributed by atoms with E-state index in [0.29, 0.717) is 31.1 Å². The molecule has 5 aliphatic rings. The number of carbonyl (C=O) groups is 3. The topological polar surface area (TPSA) is 160 Å². The SMILES string of the molecule is CC(C)(C)OC(=O)N[C@@H](CN1C[C@@H]2C[C@H]1C(=O)N2[C@@H]1CCc2cc(-c3nnn[nH]3)ccc21)C(=O)N1[C@H](C#N)C[C@@H]2C[C@@H]21. The van der Waals surface area contributed by atoms with Crippen molar-refractivity contribution in [3.63, 3.8) is 0 Å². The molecule has 2 aromatic rings. The molecule has 1 aromatic carbocycles. The molecule has 0 radical (unpaired) electrons. The summed E-state index contributed by atoms with van der Waals surface area (Å²) in [7, 11) is 0. The van der Waals surface area contributed by atoms with Gasteiger partial charge in [-0.25, -0.2) is 9.89 Å². The van der Waals surface area contributed by atoms with Crippen molar-refractivity contribution in [3.05, 3.63) is 29.3 Å². The van der Waals surface area contributed by atoms with Crippen molar-refractivity contribution in [1.29, 1.82) is 5.26 Å². The molecule has 2 N–H and O–H groups in total. The third kappa shape index (κ3) is 4.58. The van der Waals surface area contributed by atoms with Crippen LogP contribution >= 0.6 is 0 Å². The van der Waals surface area contributed by atoms with E-state index in [2.05, 4.69) is 44.1 Å². The van der Waals surface area contributed by atoms with E-state index in [4.69, 9.17) is 4.74 Å². The summed E-state index contributed by atoms with van der Waals surface area (Å²) < 4.78 is 5.48. The number of ether oxygens (including phenoxy) is 1. The lowest BCUT2D eigenvalue weighted by atomic mass is 10.0. The van der Waals surface area contributed by atoms with E-state index in [1.807, 2.05) is 15.9 Å². The number of nitriles is 1. The van der Waals surface area contributed by atoms with Crippen LogP contribution in [0.1, 0.15) is 63.6 Å². The summed E-state index contributed by atoms with van der Waals surface area (Å²) in [4.78, 5) is 46.2. The minimum Gasteiger partial charge on any atom is -0.444 e. The maximum Gasteiger partial charge on any atom is 0.408 e. The first kappa shape index (κ1) is 26.8. The molecule has 3 aliphatic heterocycles. The van der Waals surface area contributed by atoms with E-state index in [9.17, 15) is 19.6 Å². The van der Waals surface area contributed by atoms with E-state index in [1.165, 1.54) is 5.56 Å². The summed E-state index contributed by atoms with van der Waals surface area (Å²) >= 11 is 0. The molecule has 3 amide bonds. The Morgan fingerprint density at radius 2 is 2.07 bits per heavy atom. The standard InChI is InChI=1S/C29H35N9O4/c1-29(2,3)42-28(41)31-21(26(39)37-18(12-30)9-17-10-23(17)37)14-36-13-19-11-24(36)27(40)38(19)22-7-5-15-8-16(4-6-20(15)22)25-32-34-35-33-25/h4,6,8,17-19,21-24H,5,7,9-11,13-14H2,1-3H3,(H,31,41)(H,32,33,34,35)/t17-,18+,19+,21+,22-,23+,24+/m1/s1. The minimum absolute atomic E-state index is 0.0108. The number of tetrazole rings is 1. The number of piperidine rings is 1. The monoisotopic (exact) mass is 573 g/mol. The average Bonchev–Trinajstić information content (AvgIpc) is 3.51. The fraction of sp³-hybridized carbons (Fsp3) is 0.621. The van der Waals surface area contributed by atoms with Gasteiger partial charge in [0.2, 0.25) is 11.8 Å². The molecule has 1 aromatic heterocycles. The van der Waals surface area contributed by atoms with E-state index in [0.717, 1.165) is 30.4 Å². The molecule has 13 nitrogen and oxygen atoms in total. The zero-order chi connectivity index (χ0) is 29.3. The van der Waals surface area contributed by atoms with Gasteiger partial charge < -0.3 is 19.9 Å². The Labute approximate surface area is 243 Å². The van der Waals surface area contributed by atoms with Gasteiger partial charge >= 0.3 is 6.09 Å². The number of hydrogen-bond acceptors (Lipinski definition) is 9. The number of likely N-dealkylation sites (tertiary alicyclic amines) is 3. The first-order valence-electron chi connectivity index (χ1n) is 14.8. The third-order valence-corrected chi connectivity index (χ3v) is 9.37. The molecule has 3 saturated heterocycles. The number of nitrogens with zero attached hydrogens (tertiary/aromatic N) is 7. The molecule has 2 bridgehead atoms. The number of amides is 3. The largest absolute Gasteiger partial charge is 0.444 e. The van der Waals surface area contributed by atoms with E-state index in [-0.39, 0.29) is 42.5 Å². The molecule has 7 atom stereocenters. The number of carbonyl (C=O) groups excluding carboxylic acids is 3. The van der Waals surface area contributed by atoms with Crippen LogP contribution in [0.3, 0.4) is 0 Å². The molecule has 42 heavy (non-hydrogen) atoms. The van der Waals surface area contributed by atoms with Gasteiger partial charge in [-0.2, -0.15) is 5.26 Å². The van der Waals surface area contributed by atoms with Crippen molar-refractivity contribution in [1.82, 2.24) is 40.6 Å². The van der Waals surface area contributed by atoms with Gasteiger partial charge in [-0.3, -0.25) is 14.5 Å². The Balaban J connectivity index is 1.07. The lowest BCUT2D eigenvalue weighted by Crippen LogP contribution is -2.59. The summed E-state index contributed by atoms with van der Waals surface area (Å²) in [5, 5.41) is 26.6. The first-order valence-corrected chi connectivity index (χ1v) is 14.8. The molecule has 220 valence electrons. The number of piperazine rings is 1. The highest BCUT2D eigenvalue weighted by atomic mass is 16.6. The molecular weight excluding hydrogens is 538 g/mol. The highest BCUT2D eigenvalue weighted by Gasteiger charge is 2.57. The highest BCUT2D eigenvalue weighted by molar-refractivity contribution is 5.89. The zero-order valence-electron chi connectivity index (χ0n) is 24.0. The number of nitrogens with one attached hydrogen (secondary N) is 2. The van der Waals surface area contributed by atoms with Crippen molar-refractivity contribution in [2.45, 2.75) is 94.7 Å². The van der Waals surface area contributed by atoms with Crippen LogP contribution in [0, 0.1) is 17.2 Å². The summed E-state index contributed by atoms with van der Waals surface area (Å²) in [6, 6.07) is 6.77. The Hall–Kier alpha value is -4.05. The fourth-order valence-corrected chi connectivity index (χ4v) is 7.55. The summed E-state index contributed by atoms with van der Waals surface area (Å²) in [5.41, 5.74) is 2.55. The van der Waals surface area contributed by atoms with E-state index < -0.39 is 23.8 Å². The number of fused-ring (bicyclic) bond motifs is 4. The molecule has 4 heterocycles. The molecule has 7 rings (SSSR count). The fourth-order valence-electron chi connectivity index (χ4n) is 7.55. The lowest BCUT2D eigenvalue weighted by Gasteiger charge is -2.39. The second-order valence-corrected chi connectivity index (χ2v) is 13.2. The van der Waals surface area contributed by atoms with Gasteiger partial charge in [0, 0.05) is 30.7 Å². The number of aromatic amines is 1. The second kappa shape index (κ2) is 9.76. The zero-order valence-corrected chi connectivity index (χ0v) is 24.0. The lowest BCUT2D eigenvalue weighted by molar-refractivity contribution is -0.141. The van der Waals surface area contributed by atoms with Crippen molar-refractivity contribution in [3.8, 4) is 17.5 Å². The second-order valence-electron chi connectivity index (χ2n) is 13.2. The van der Waals surface area contributed by atoms with E-state index in [1.54, 1.807) is 25.7 Å². The number of rotatable bonds is 6. The van der Waals surface area contributed by atoms with Crippen molar-refractivity contribution in [2.24, 2.45) is 5.92 Å². The predicted octanol–water partition coefficient (Wildman–Crippen LogP) is 1.55. The summed E-state index contributed by atoms with van der Waals surface area (Å²) in [5.74, 6) is 0.766. The Morgan fingerprint density at radius 1 is 1.24 bits per heavy atom. The highest BCUT2D eigenvalue weighted by Crippen LogP contribution is 2.48. The van der Waals surface area contributed by atoms with Gasteiger partial charge in [0.1, 0.15) is 17.7 Å². The number of aryl methyl sites for hydroxylation is 1. The molecule has 4 fully saturated rings. The Morgan fingerprint density at radius 3 is 2.79 bits per heavy atom. The van der Waals surface area contributed by atoms with Gasteiger partial charge in [-0.1, -0.05) is 12.1 Å². The number of aromatic nitrogens is 4.